The smallest absolute Gasteiger partial charge is 0.336 e. The Labute approximate surface area is 118 Å². The molecule has 1 aromatic carbocycles. The van der Waals surface area contributed by atoms with Crippen LogP contribution in [0.1, 0.15) is 11.5 Å². The molecule has 2 heterocycles. The fourth-order valence-electron chi connectivity index (χ4n) is 2.12. The monoisotopic (exact) mass is 282 g/mol. The first-order valence-corrected chi connectivity index (χ1v) is 6.17. The Morgan fingerprint density at radius 1 is 1.38 bits per heavy atom. The van der Waals surface area contributed by atoms with Gasteiger partial charge in [0.05, 0.1) is 6.54 Å². The van der Waals surface area contributed by atoms with Crippen LogP contribution in [0.5, 0.6) is 0 Å². The zero-order valence-electron chi connectivity index (χ0n) is 11.1. The summed E-state index contributed by atoms with van der Waals surface area (Å²) in [5.74, 6) is 0.520. The summed E-state index contributed by atoms with van der Waals surface area (Å²) in [6.45, 7) is 1.93. The zero-order valence-corrected chi connectivity index (χ0v) is 11.1. The third kappa shape index (κ3) is 2.50. The van der Waals surface area contributed by atoms with E-state index in [1.807, 2.05) is 6.07 Å². The lowest BCUT2D eigenvalue weighted by molar-refractivity contribution is 0.521. The van der Waals surface area contributed by atoms with Crippen molar-refractivity contribution in [2.45, 2.75) is 13.5 Å². The molecule has 0 saturated heterocycles. The van der Waals surface area contributed by atoms with Crippen LogP contribution in [-0.4, -0.2) is 4.98 Å². The second-order valence-electron chi connectivity index (χ2n) is 4.45. The van der Waals surface area contributed by atoms with Crippen molar-refractivity contribution in [1.29, 1.82) is 0 Å². The third-order valence-corrected chi connectivity index (χ3v) is 3.02. The molecule has 21 heavy (non-hydrogen) atoms. The van der Waals surface area contributed by atoms with E-state index in [1.165, 1.54) is 12.3 Å². The molecule has 7 nitrogen and oxygen atoms in total. The predicted molar refractivity (Wildman–Crippen MR) is 75.6 cm³/mol. The van der Waals surface area contributed by atoms with Gasteiger partial charge in [0.25, 0.3) is 0 Å². The second kappa shape index (κ2) is 5.15. The molecule has 0 amide bonds. The van der Waals surface area contributed by atoms with E-state index in [0.717, 1.165) is 10.9 Å². The molecule has 104 valence electrons. The van der Waals surface area contributed by atoms with Gasteiger partial charge in [-0.25, -0.2) is 9.78 Å². The minimum Gasteiger partial charge on any atom is -0.449 e. The van der Waals surface area contributed by atoms with E-state index in [1.54, 1.807) is 19.1 Å². The SMILES string of the molecule is Cc1nc(-c2cc(=O)oc3cc(CN=[N+]=[N-])ccc23)co1. The summed E-state index contributed by atoms with van der Waals surface area (Å²) in [6.07, 6.45) is 1.50. The fourth-order valence-corrected chi connectivity index (χ4v) is 2.12. The highest BCUT2D eigenvalue weighted by Gasteiger charge is 2.11. The van der Waals surface area contributed by atoms with Gasteiger partial charge in [0.2, 0.25) is 0 Å². The minimum atomic E-state index is -0.473. The molecule has 0 radical (unpaired) electrons. The first-order chi connectivity index (χ1) is 10.2. The van der Waals surface area contributed by atoms with Crippen molar-refractivity contribution in [2.24, 2.45) is 5.11 Å². The van der Waals surface area contributed by atoms with E-state index in [0.29, 0.717) is 22.7 Å². The lowest BCUT2D eigenvalue weighted by atomic mass is 10.1. The minimum absolute atomic E-state index is 0.198. The third-order valence-electron chi connectivity index (χ3n) is 3.02. The van der Waals surface area contributed by atoms with Gasteiger partial charge in [-0.05, 0) is 17.2 Å². The Balaban J connectivity index is 2.21. The summed E-state index contributed by atoms with van der Waals surface area (Å²) in [6, 6.07) is 6.68. The number of benzene rings is 1. The first kappa shape index (κ1) is 13.0. The van der Waals surface area contributed by atoms with Gasteiger partial charge >= 0.3 is 5.63 Å². The zero-order chi connectivity index (χ0) is 14.8. The Bertz CT molecular complexity index is 919. The second-order valence-corrected chi connectivity index (χ2v) is 4.45. The highest BCUT2D eigenvalue weighted by atomic mass is 16.4. The predicted octanol–water partition coefficient (Wildman–Crippen LogP) is 3.57. The lowest BCUT2D eigenvalue weighted by Crippen LogP contribution is -1.98. The van der Waals surface area contributed by atoms with Gasteiger partial charge in [0.1, 0.15) is 17.5 Å². The standard InChI is InChI=1S/C14H10N4O3/c1-8-17-12(7-20-8)11-5-14(19)21-13-4-9(6-16-18-15)2-3-10(11)13/h2-5,7H,6H2,1H3. The van der Waals surface area contributed by atoms with Crippen molar-refractivity contribution in [2.75, 3.05) is 0 Å². The normalized spacial score (nSPS) is 10.5. The number of aromatic nitrogens is 1. The number of aryl methyl sites for hydroxylation is 1. The Morgan fingerprint density at radius 2 is 2.24 bits per heavy atom. The molecular formula is C14H10N4O3. The Morgan fingerprint density at radius 3 is 2.95 bits per heavy atom. The average molecular weight is 282 g/mol. The molecule has 0 spiro atoms. The largest absolute Gasteiger partial charge is 0.449 e. The van der Waals surface area contributed by atoms with Crippen LogP contribution in [-0.2, 0) is 6.54 Å². The van der Waals surface area contributed by atoms with E-state index in [4.69, 9.17) is 14.4 Å². The van der Waals surface area contributed by atoms with Crippen LogP contribution >= 0.6 is 0 Å². The quantitative estimate of drug-likeness (QED) is 0.317. The summed E-state index contributed by atoms with van der Waals surface area (Å²) in [7, 11) is 0. The molecule has 0 aliphatic carbocycles. The maximum Gasteiger partial charge on any atom is 0.336 e. The molecule has 3 aromatic rings. The van der Waals surface area contributed by atoms with Crippen LogP contribution in [0.25, 0.3) is 32.7 Å². The van der Waals surface area contributed by atoms with E-state index in [2.05, 4.69) is 15.0 Å². The van der Waals surface area contributed by atoms with Crippen molar-refractivity contribution in [3.8, 4) is 11.3 Å². The highest BCUT2D eigenvalue weighted by Crippen LogP contribution is 2.27. The highest BCUT2D eigenvalue weighted by molar-refractivity contribution is 5.92. The van der Waals surface area contributed by atoms with Gasteiger partial charge in [0.15, 0.2) is 5.89 Å². The van der Waals surface area contributed by atoms with Crippen molar-refractivity contribution >= 4 is 11.0 Å². The number of hydrogen-bond donors (Lipinski definition) is 0. The van der Waals surface area contributed by atoms with Crippen LogP contribution in [0.2, 0.25) is 0 Å². The van der Waals surface area contributed by atoms with Gasteiger partial charge in [-0.15, -0.1) is 0 Å². The molecule has 0 unspecified atom stereocenters. The number of nitrogens with zero attached hydrogens (tertiary/aromatic N) is 4. The van der Waals surface area contributed by atoms with Crippen LogP contribution in [0.3, 0.4) is 0 Å². The number of azide groups is 1. The van der Waals surface area contributed by atoms with Gasteiger partial charge in [0, 0.05) is 28.9 Å². The van der Waals surface area contributed by atoms with E-state index in [-0.39, 0.29) is 6.54 Å². The van der Waals surface area contributed by atoms with Crippen molar-refractivity contribution < 1.29 is 8.83 Å². The lowest BCUT2D eigenvalue weighted by Gasteiger charge is -2.03. The summed E-state index contributed by atoms with van der Waals surface area (Å²) in [5.41, 5.74) is 10.3. The molecule has 0 bridgehead atoms. The maximum atomic E-state index is 11.7. The summed E-state index contributed by atoms with van der Waals surface area (Å²) < 4.78 is 10.4. The molecular weight excluding hydrogens is 272 g/mol. The molecule has 0 N–H and O–H groups in total. The Hall–Kier alpha value is -3.05. The number of oxazole rings is 1. The molecule has 2 aromatic heterocycles. The summed E-state index contributed by atoms with van der Waals surface area (Å²) >= 11 is 0. The molecule has 3 rings (SSSR count). The molecule has 0 aliphatic heterocycles. The first-order valence-electron chi connectivity index (χ1n) is 6.17. The van der Waals surface area contributed by atoms with Gasteiger partial charge in [-0.3, -0.25) is 0 Å². The number of hydrogen-bond acceptors (Lipinski definition) is 5. The van der Waals surface area contributed by atoms with Gasteiger partial charge in [-0.1, -0.05) is 17.2 Å². The fraction of sp³-hybridized carbons (Fsp3) is 0.143. The molecule has 7 heteroatoms. The molecule has 0 atom stereocenters. The average Bonchev–Trinajstić information content (AvgIpc) is 2.90. The topological polar surface area (TPSA) is 105 Å². The van der Waals surface area contributed by atoms with Crippen LogP contribution in [0.15, 0.2) is 49.3 Å². The molecule has 0 fully saturated rings. The van der Waals surface area contributed by atoms with E-state index < -0.39 is 5.63 Å². The van der Waals surface area contributed by atoms with Gasteiger partial charge < -0.3 is 8.83 Å². The molecule has 0 aliphatic rings. The Kier molecular flexibility index (Phi) is 3.17. The van der Waals surface area contributed by atoms with Crippen molar-refractivity contribution in [3.05, 3.63) is 62.8 Å². The van der Waals surface area contributed by atoms with E-state index in [9.17, 15) is 4.79 Å². The maximum absolute atomic E-state index is 11.7. The van der Waals surface area contributed by atoms with Crippen molar-refractivity contribution in [1.82, 2.24) is 4.98 Å². The summed E-state index contributed by atoms with van der Waals surface area (Å²) in [4.78, 5) is 18.6. The van der Waals surface area contributed by atoms with Crippen LogP contribution in [0, 0.1) is 6.92 Å². The van der Waals surface area contributed by atoms with Crippen LogP contribution in [0.4, 0.5) is 0 Å². The van der Waals surface area contributed by atoms with E-state index >= 15 is 0 Å². The van der Waals surface area contributed by atoms with Gasteiger partial charge in [-0.2, -0.15) is 0 Å². The summed E-state index contributed by atoms with van der Waals surface area (Å²) in [5, 5.41) is 4.23. The molecule has 0 saturated carbocycles. The van der Waals surface area contributed by atoms with Crippen molar-refractivity contribution in [3.63, 3.8) is 0 Å². The van der Waals surface area contributed by atoms with Crippen LogP contribution < -0.4 is 5.63 Å². The number of fused-ring (bicyclic) bond motifs is 1. The number of rotatable bonds is 3.